The Labute approximate surface area is 87.3 Å². The summed E-state index contributed by atoms with van der Waals surface area (Å²) >= 11 is 0. The fourth-order valence-electron chi connectivity index (χ4n) is 0. The Balaban J connectivity index is 0. The molecule has 0 aliphatic carbocycles. The van der Waals surface area contributed by atoms with E-state index in [2.05, 4.69) is 0 Å². The van der Waals surface area contributed by atoms with Crippen molar-refractivity contribution in [1.82, 2.24) is 0 Å². The molecule has 0 aromatic rings. The van der Waals surface area contributed by atoms with E-state index in [1.165, 1.54) is 0 Å². The van der Waals surface area contributed by atoms with Crippen LogP contribution in [-0.2, 0) is 48.4 Å². The summed E-state index contributed by atoms with van der Waals surface area (Å²) in [6.45, 7) is 0. The van der Waals surface area contributed by atoms with Gasteiger partial charge in [0.15, 0.2) is 0 Å². The molecule has 0 saturated heterocycles. The number of rotatable bonds is 0. The summed E-state index contributed by atoms with van der Waals surface area (Å²) in [5.41, 5.74) is 0. The van der Waals surface area contributed by atoms with Crippen molar-refractivity contribution in [2.75, 3.05) is 0 Å². The van der Waals surface area contributed by atoms with Crippen molar-refractivity contribution in [3.63, 3.8) is 0 Å². The molecule has 7 heteroatoms. The van der Waals surface area contributed by atoms with Gasteiger partial charge < -0.3 is 27.4 Å². The Morgan fingerprint density at radius 3 is 0.429 bits per heavy atom. The van der Waals surface area contributed by atoms with Crippen molar-refractivity contribution in [3.05, 3.63) is 0 Å². The summed E-state index contributed by atoms with van der Waals surface area (Å²) in [5.74, 6) is 0. The first kappa shape index (κ1) is 164. The van der Waals surface area contributed by atoms with Crippen molar-refractivity contribution < 1.29 is 88.4 Å². The molecule has 0 radical (unpaired) electrons. The van der Waals surface area contributed by atoms with E-state index in [1.807, 2.05) is 0 Å². The van der Waals surface area contributed by atoms with Gasteiger partial charge >= 0.3 is 61.0 Å². The summed E-state index contributed by atoms with van der Waals surface area (Å²) in [6, 6.07) is 0. The minimum absolute atomic E-state index is 0. The van der Waals surface area contributed by atoms with Crippen LogP contribution >= 0.6 is 0 Å². The molecular formula is O5ThW. The smallest absolute Gasteiger partial charge is 2.00 e. The summed E-state index contributed by atoms with van der Waals surface area (Å²) in [4.78, 5) is 0. The van der Waals surface area contributed by atoms with Crippen LogP contribution in [-0.4, -0.2) is 0 Å². The van der Waals surface area contributed by atoms with Crippen molar-refractivity contribution in [3.8, 4) is 0 Å². The standard InChI is InChI=1S/5O.Th.W/q5*-2;+4;+6. The van der Waals surface area contributed by atoms with Crippen LogP contribution in [0.25, 0.3) is 0 Å². The summed E-state index contributed by atoms with van der Waals surface area (Å²) < 4.78 is 0. The zero-order valence-electron chi connectivity index (χ0n) is 2.95. The molecule has 7 heavy (non-hydrogen) atoms. The molecule has 0 aliphatic heterocycles. The number of hydrogen-bond donors (Lipinski definition) is 0. The molecule has 0 spiro atoms. The zero-order valence-corrected chi connectivity index (χ0v) is 9.99. The van der Waals surface area contributed by atoms with Crippen molar-refractivity contribution in [2.24, 2.45) is 0 Å². The van der Waals surface area contributed by atoms with E-state index < -0.39 is 0 Å². The average molecular weight is 496 g/mol. The van der Waals surface area contributed by atoms with E-state index in [1.54, 1.807) is 0 Å². The largest absolute Gasteiger partial charge is 6.00 e. The second kappa shape index (κ2) is 110. The van der Waals surface area contributed by atoms with Crippen LogP contribution in [0.2, 0.25) is 0 Å². The molecular weight excluding hydrogens is 496 g/mol. The van der Waals surface area contributed by atoms with Gasteiger partial charge in [0.2, 0.25) is 0 Å². The van der Waals surface area contributed by atoms with Gasteiger partial charge in [0, 0.05) is 0 Å². The van der Waals surface area contributed by atoms with E-state index in [0.717, 1.165) is 0 Å². The fraction of sp³-hybridized carbons (Fsp3) is 0. The molecule has 0 aromatic heterocycles. The minimum atomic E-state index is 0. The molecule has 0 aromatic carbocycles. The Morgan fingerprint density at radius 2 is 0.429 bits per heavy atom. The van der Waals surface area contributed by atoms with Crippen LogP contribution in [0.1, 0.15) is 0 Å². The van der Waals surface area contributed by atoms with Crippen LogP contribution in [0.15, 0.2) is 0 Å². The van der Waals surface area contributed by atoms with Crippen molar-refractivity contribution >= 4 is 0 Å². The molecule has 0 heterocycles. The molecule has 0 N–H and O–H groups in total. The van der Waals surface area contributed by atoms with Gasteiger partial charge in [0.25, 0.3) is 0 Å². The summed E-state index contributed by atoms with van der Waals surface area (Å²) in [7, 11) is 0. The second-order valence-electron chi connectivity index (χ2n) is 0. The van der Waals surface area contributed by atoms with Gasteiger partial charge in [-0.25, -0.2) is 0 Å². The first-order valence-electron chi connectivity index (χ1n) is 0. The van der Waals surface area contributed by atoms with Gasteiger partial charge in [0.05, 0.1) is 0 Å². The fourth-order valence-corrected chi connectivity index (χ4v) is 0. The molecule has 0 amide bonds. The topological polar surface area (TPSA) is 142 Å². The third-order valence-electron chi connectivity index (χ3n) is 0. The van der Waals surface area contributed by atoms with Crippen LogP contribution in [0.5, 0.6) is 0 Å². The Bertz CT molecular complexity index is 8.04. The molecule has 0 fully saturated rings. The third kappa shape index (κ3) is 80.3. The maximum Gasteiger partial charge on any atom is 6.00 e. The van der Waals surface area contributed by atoms with Gasteiger partial charge in [-0.05, 0) is 0 Å². The van der Waals surface area contributed by atoms with Crippen LogP contribution < -0.4 is 0 Å². The summed E-state index contributed by atoms with van der Waals surface area (Å²) in [5, 5.41) is 0. The normalized spacial score (nSPS) is 0. The maximum atomic E-state index is 0. The van der Waals surface area contributed by atoms with Crippen LogP contribution in [0.3, 0.4) is 0 Å². The van der Waals surface area contributed by atoms with Gasteiger partial charge in [0.1, 0.15) is 0 Å². The average Bonchev–Trinajstić information content (AvgIpc) is 0. The van der Waals surface area contributed by atoms with E-state index in [9.17, 15) is 0 Å². The Hall–Kier alpha value is 1.81. The van der Waals surface area contributed by atoms with Crippen LogP contribution in [0.4, 0.5) is 0 Å². The van der Waals surface area contributed by atoms with Crippen LogP contribution in [0, 0.1) is 39.9 Å². The predicted molar refractivity (Wildman–Crippen MR) is 3.43 cm³/mol. The molecule has 0 saturated carbocycles. The number of hydrogen-bond acceptors (Lipinski definition) is 0. The van der Waals surface area contributed by atoms with Crippen molar-refractivity contribution in [2.45, 2.75) is 0 Å². The SMILES string of the molecule is [O-2].[O-2].[O-2].[O-2].[O-2].[Th+4].[W+6]. The predicted octanol–water partition coefficient (Wildman–Crippen LogP) is -0.596. The second-order valence-corrected chi connectivity index (χ2v) is 0. The monoisotopic (exact) mass is 496 g/mol. The molecule has 40 valence electrons. The molecule has 0 unspecified atom stereocenters. The zero-order chi connectivity index (χ0) is 0. The first-order chi connectivity index (χ1) is 0. The Kier molecular flexibility index (Phi) is 2580. The van der Waals surface area contributed by atoms with Gasteiger partial charge in [-0.15, -0.1) is 0 Å². The molecule has 0 bridgehead atoms. The quantitative estimate of drug-likeness (QED) is 0.423. The molecule has 5 nitrogen and oxygen atoms in total. The molecule has 0 atom stereocenters. The van der Waals surface area contributed by atoms with E-state index in [-0.39, 0.29) is 88.4 Å². The maximum absolute atomic E-state index is 0. The van der Waals surface area contributed by atoms with E-state index in [0.29, 0.717) is 0 Å². The molecule has 0 rings (SSSR count). The first-order valence-corrected chi connectivity index (χ1v) is 0. The molecule has 0 aliphatic rings. The van der Waals surface area contributed by atoms with E-state index in [4.69, 9.17) is 0 Å². The van der Waals surface area contributed by atoms with E-state index >= 15 is 0 Å². The Morgan fingerprint density at radius 1 is 0.429 bits per heavy atom. The van der Waals surface area contributed by atoms with Gasteiger partial charge in [-0.3, -0.25) is 0 Å². The minimum Gasteiger partial charge on any atom is -2.00 e. The van der Waals surface area contributed by atoms with Gasteiger partial charge in [-0.2, -0.15) is 0 Å². The summed E-state index contributed by atoms with van der Waals surface area (Å²) in [6.07, 6.45) is 0. The van der Waals surface area contributed by atoms with Crippen molar-refractivity contribution in [1.29, 1.82) is 0 Å². The third-order valence-corrected chi connectivity index (χ3v) is 0. The van der Waals surface area contributed by atoms with Gasteiger partial charge in [-0.1, -0.05) is 0 Å².